The van der Waals surface area contributed by atoms with Gasteiger partial charge in [0.05, 0.1) is 0 Å². The summed E-state index contributed by atoms with van der Waals surface area (Å²) in [5.74, 6) is 0. The average molecular weight is 371 g/mol. The quantitative estimate of drug-likeness (QED) is 0.148. The van der Waals surface area contributed by atoms with Gasteiger partial charge in [-0.3, -0.25) is 21.0 Å². The van der Waals surface area contributed by atoms with Crippen molar-refractivity contribution in [2.75, 3.05) is 0 Å². The first-order valence-corrected chi connectivity index (χ1v) is 1.10. The molecule has 0 unspecified atom stereocenters. The molecule has 0 aliphatic heterocycles. The molecule has 1 radical (unpaired) electrons. The van der Waals surface area contributed by atoms with E-state index in [-0.39, 0.29) is 61.3 Å². The Morgan fingerprint density at radius 2 is 0.500 bits per heavy atom. The fourth-order valence-electron chi connectivity index (χ4n) is 0. The molecule has 0 aromatic heterocycles. The standard InChI is InChI=1S/3CH4.Mn.4H2O2.2O2.4H2O/c;;;;6*1-2;;;;/h3*1H4;;4*1-2H;;;4*1H2/p-4. The van der Waals surface area contributed by atoms with E-state index in [1.54, 1.807) is 0 Å². The monoisotopic (exact) mass is 371 g/mol. The van der Waals surface area contributed by atoms with Crippen LogP contribution in [0.25, 0.3) is 0 Å². The van der Waals surface area contributed by atoms with Crippen LogP contribution in [0.3, 0.4) is 0 Å². The van der Waals surface area contributed by atoms with Gasteiger partial charge in [0.2, 0.25) is 0 Å². The molecule has 20 heavy (non-hydrogen) atoms. The van der Waals surface area contributed by atoms with Crippen molar-refractivity contribution in [1.82, 2.24) is 0 Å². The maximum Gasteiger partial charge on any atom is 0 e. The van der Waals surface area contributed by atoms with Crippen LogP contribution in [0.15, 0.2) is 0 Å². The maximum absolute atomic E-state index is 7.25. The van der Waals surface area contributed by atoms with Crippen LogP contribution in [0.1, 0.15) is 22.3 Å². The Morgan fingerprint density at radius 3 is 0.500 bits per heavy atom. The number of rotatable bonds is 0. The second-order valence-electron chi connectivity index (χ2n) is 0. The zero-order chi connectivity index (χ0) is 12.0. The Balaban J connectivity index is -0.00000000167. The van der Waals surface area contributed by atoms with Gasteiger partial charge in [0.15, 0.2) is 0 Å². The normalized spacial score (nSPS) is 1.60. The van der Waals surface area contributed by atoms with Gasteiger partial charge in [0.25, 0.3) is 0 Å². The molecule has 16 nitrogen and oxygen atoms in total. The molecule has 0 aromatic carbocycles. The second kappa shape index (κ2) is 9370. The third kappa shape index (κ3) is 7860. The largest absolute Gasteiger partial charge is 0.870 e. The van der Waals surface area contributed by atoms with E-state index in [9.17, 15) is 0 Å². The van der Waals surface area contributed by atoms with Crippen molar-refractivity contribution in [3.05, 3.63) is 19.9 Å². The molecular weight excluding hydrogens is 347 g/mol. The van der Waals surface area contributed by atoms with E-state index in [1.165, 1.54) is 0 Å². The average Bonchev–Trinajstić information content (AvgIpc) is 2.33. The van der Waals surface area contributed by atoms with Gasteiger partial charge in [-0.1, -0.05) is 22.3 Å². The van der Waals surface area contributed by atoms with Crippen molar-refractivity contribution in [2.45, 2.75) is 22.3 Å². The fraction of sp³-hybridized carbons (Fsp3) is 1.00. The van der Waals surface area contributed by atoms with E-state index in [0.29, 0.717) is 0 Å². The van der Waals surface area contributed by atoms with E-state index in [0.717, 1.165) is 0 Å². The Bertz CT molecular complexity index is 19.7. The zero-order valence-electron chi connectivity index (χ0n) is 7.41. The van der Waals surface area contributed by atoms with E-state index >= 15 is 0 Å². The Labute approximate surface area is 124 Å². The van der Waals surface area contributed by atoms with Crippen LogP contribution < -0.4 is 10.5 Å². The van der Waals surface area contributed by atoms with Crippen LogP contribution >= 0.6 is 0 Å². The van der Waals surface area contributed by atoms with E-state index < -0.39 is 0 Å². The van der Waals surface area contributed by atoms with Crippen molar-refractivity contribution in [3.63, 3.8) is 0 Å². The molecule has 0 heterocycles. The summed E-state index contributed by atoms with van der Waals surface area (Å²) in [4.78, 5) is 28.0. The smallest absolute Gasteiger partial charge is 0 e. The van der Waals surface area contributed by atoms with Gasteiger partial charge in [-0.15, -0.1) is 0 Å². The van der Waals surface area contributed by atoms with Crippen LogP contribution in [0.4, 0.5) is 0 Å². The number of hydrogen-bond acceptors (Lipinski definition) is 14. The molecular formula is C3H24MnO16-4. The Kier molecular flexibility index (Phi) is 109000. The molecule has 0 saturated carbocycles. The van der Waals surface area contributed by atoms with Gasteiger partial charge in [-0.25, -0.2) is 0 Å². The SMILES string of the molecule is C.C.C.O.O.O=O.O=O.OO.OO.[Mn].[O-]O.[O-]O.[OH-].[OH-]. The van der Waals surface area contributed by atoms with Crippen LogP contribution in [0.2, 0.25) is 0 Å². The van der Waals surface area contributed by atoms with Gasteiger partial charge < -0.3 is 42.9 Å². The van der Waals surface area contributed by atoms with E-state index in [4.69, 9.17) is 61.9 Å². The van der Waals surface area contributed by atoms with Crippen molar-refractivity contribution in [1.29, 1.82) is 0 Å². The van der Waals surface area contributed by atoms with Crippen molar-refractivity contribution >= 4 is 0 Å². The molecule has 12 N–H and O–H groups in total. The predicted octanol–water partition coefficient (Wildman–Crippen LogP) is -2.29. The van der Waals surface area contributed by atoms with Gasteiger partial charge in [0.1, 0.15) is 0 Å². The van der Waals surface area contributed by atoms with Gasteiger partial charge in [-0.05, 0) is 0 Å². The summed E-state index contributed by atoms with van der Waals surface area (Å²) < 4.78 is 0. The molecule has 0 spiro atoms. The molecule has 0 fully saturated rings. The first kappa shape index (κ1) is 233. The van der Waals surface area contributed by atoms with Crippen molar-refractivity contribution < 1.29 is 81.0 Å². The van der Waals surface area contributed by atoms with Crippen molar-refractivity contribution in [3.8, 4) is 0 Å². The third-order valence-corrected chi connectivity index (χ3v) is 0. The maximum atomic E-state index is 7.25. The molecule has 0 aliphatic carbocycles. The molecule has 0 aromatic rings. The van der Waals surface area contributed by atoms with Crippen LogP contribution in [0, 0.1) is 19.9 Å². The molecule has 17 heteroatoms. The van der Waals surface area contributed by atoms with Crippen LogP contribution in [-0.2, 0) is 17.1 Å². The molecule has 0 bridgehead atoms. The summed E-state index contributed by atoms with van der Waals surface area (Å²) in [5.41, 5.74) is 0. The molecule has 0 aliphatic rings. The fourth-order valence-corrected chi connectivity index (χ4v) is 0. The minimum absolute atomic E-state index is 0. The molecule has 0 atom stereocenters. The third-order valence-electron chi connectivity index (χ3n) is 0. The second-order valence-corrected chi connectivity index (χ2v) is 0. The molecule has 0 rings (SSSR count). The van der Waals surface area contributed by atoms with Gasteiger partial charge >= 0.3 is 0 Å². The predicted molar refractivity (Wildman–Crippen MR) is 60.5 cm³/mol. The Hall–Kier alpha value is -0.761. The molecule has 0 amide bonds. The summed E-state index contributed by atoms with van der Waals surface area (Å²) in [6, 6.07) is 0. The minimum Gasteiger partial charge on any atom is -0.870 e. The topological polar surface area (TPSA) is 359 Å². The molecule has 143 valence electrons. The molecule has 0 saturated heterocycles. The first-order valence-electron chi connectivity index (χ1n) is 1.10. The summed E-state index contributed by atoms with van der Waals surface area (Å²) in [5, 5.41) is 50.0. The van der Waals surface area contributed by atoms with Crippen molar-refractivity contribution in [2.24, 2.45) is 0 Å². The van der Waals surface area contributed by atoms with E-state index in [2.05, 4.69) is 0 Å². The van der Waals surface area contributed by atoms with Crippen LogP contribution in [-0.4, -0.2) is 53.4 Å². The minimum atomic E-state index is 0. The van der Waals surface area contributed by atoms with E-state index in [1.807, 2.05) is 0 Å². The van der Waals surface area contributed by atoms with Gasteiger partial charge in [0, 0.05) is 36.9 Å². The summed E-state index contributed by atoms with van der Waals surface area (Å²) >= 11 is 0. The Morgan fingerprint density at radius 1 is 0.500 bits per heavy atom. The zero-order valence-corrected chi connectivity index (χ0v) is 8.59. The van der Waals surface area contributed by atoms with Crippen LogP contribution in [0.5, 0.6) is 0 Å². The summed E-state index contributed by atoms with van der Waals surface area (Å²) in [6.45, 7) is 0. The first-order chi connectivity index (χ1) is 6.00. The number of hydrogen-bond donors (Lipinski definition) is 6. The summed E-state index contributed by atoms with van der Waals surface area (Å²) in [7, 11) is 0. The summed E-state index contributed by atoms with van der Waals surface area (Å²) in [6.07, 6.45) is 0. The van der Waals surface area contributed by atoms with Gasteiger partial charge in [-0.2, -0.15) is 0 Å².